The number of alkyl halides is 1. The summed E-state index contributed by atoms with van der Waals surface area (Å²) in [5.41, 5.74) is 1.72. The molecule has 0 aromatic heterocycles. The molecule has 2 aliphatic rings. The number of nitrogens with one attached hydrogen (secondary N) is 2. The second-order valence-corrected chi connectivity index (χ2v) is 11.5. The Hall–Kier alpha value is -1.97. The van der Waals surface area contributed by atoms with E-state index in [1.165, 1.54) is 0 Å². The summed E-state index contributed by atoms with van der Waals surface area (Å²) in [6.07, 6.45) is 4.84. The summed E-state index contributed by atoms with van der Waals surface area (Å²) in [5, 5.41) is 6.24. The quantitative estimate of drug-likeness (QED) is 0.111. The largest absolute Gasteiger partial charge is 0.379 e. The molecule has 3 atom stereocenters. The normalized spacial score (nSPS) is 20.8. The molecule has 10 heteroatoms. The van der Waals surface area contributed by atoms with Crippen molar-refractivity contribution in [2.24, 2.45) is 11.8 Å². The summed E-state index contributed by atoms with van der Waals surface area (Å²) >= 11 is 12.1. The van der Waals surface area contributed by atoms with Gasteiger partial charge in [-0.2, -0.15) is 0 Å². The fourth-order valence-electron chi connectivity index (χ4n) is 5.20. The molecule has 2 fully saturated rings. The Balaban J connectivity index is 0.00000210. The van der Waals surface area contributed by atoms with Gasteiger partial charge in [0, 0.05) is 48.7 Å². The lowest BCUT2D eigenvalue weighted by Gasteiger charge is -2.29. The first-order valence-corrected chi connectivity index (χ1v) is 16.9. The molecule has 0 aliphatic carbocycles. The Morgan fingerprint density at radius 1 is 1.16 bits per heavy atom. The number of carbonyl (C=O) groups is 2. The SMILES string of the molecule is C/C=C\C(=C(\F)CCl)C1C(c2ccc(Cl)cc2NC=O)CN(C)C1C(=O)NCCCN1CCOCC1.CC.CC.CC(C)C. The van der Waals surface area contributed by atoms with Crippen molar-refractivity contribution >= 4 is 41.2 Å². The summed E-state index contributed by atoms with van der Waals surface area (Å²) in [4.78, 5) is 29.0. The number of carbonyl (C=O) groups excluding carboxylic acids is 2. The monoisotopic (exact) mass is 658 g/mol. The number of anilines is 1. The van der Waals surface area contributed by atoms with Crippen LogP contribution < -0.4 is 10.6 Å². The Morgan fingerprint density at radius 3 is 2.32 bits per heavy atom. The van der Waals surface area contributed by atoms with Crippen LogP contribution in [0.3, 0.4) is 0 Å². The zero-order valence-electron chi connectivity index (χ0n) is 28.4. The highest BCUT2D eigenvalue weighted by Gasteiger charge is 2.47. The van der Waals surface area contributed by atoms with E-state index in [-0.39, 0.29) is 17.7 Å². The molecule has 2 heterocycles. The van der Waals surface area contributed by atoms with E-state index in [1.807, 2.05) is 45.7 Å². The molecule has 0 spiro atoms. The zero-order chi connectivity index (χ0) is 33.7. The van der Waals surface area contributed by atoms with E-state index >= 15 is 4.39 Å². The second-order valence-electron chi connectivity index (χ2n) is 10.8. The molecule has 3 rings (SSSR count). The van der Waals surface area contributed by atoms with Crippen molar-refractivity contribution in [2.45, 2.75) is 73.8 Å². The lowest BCUT2D eigenvalue weighted by Crippen LogP contribution is -2.46. The van der Waals surface area contributed by atoms with Crippen molar-refractivity contribution in [1.29, 1.82) is 0 Å². The number of likely N-dealkylation sites (tertiary alicyclic amines) is 1. The molecule has 3 unspecified atom stereocenters. The first kappa shape index (κ1) is 42.0. The van der Waals surface area contributed by atoms with E-state index in [1.54, 1.807) is 31.2 Å². The lowest BCUT2D eigenvalue weighted by molar-refractivity contribution is -0.125. The molecule has 0 radical (unpaired) electrons. The van der Waals surface area contributed by atoms with Crippen LogP contribution in [0.5, 0.6) is 0 Å². The van der Waals surface area contributed by atoms with Crippen LogP contribution in [0.25, 0.3) is 0 Å². The maximum atomic E-state index is 15.2. The number of likely N-dealkylation sites (N-methyl/N-ethyl adjacent to an activating group) is 1. The predicted octanol–water partition coefficient (Wildman–Crippen LogP) is 7.51. The van der Waals surface area contributed by atoms with Crippen LogP contribution in [0.2, 0.25) is 5.02 Å². The van der Waals surface area contributed by atoms with E-state index in [0.717, 1.165) is 50.8 Å². The maximum absolute atomic E-state index is 15.2. The van der Waals surface area contributed by atoms with Gasteiger partial charge in [0.1, 0.15) is 5.83 Å². The fourth-order valence-corrected chi connectivity index (χ4v) is 5.52. The van der Waals surface area contributed by atoms with Gasteiger partial charge in [-0.15, -0.1) is 11.6 Å². The number of rotatable bonds is 11. The van der Waals surface area contributed by atoms with Crippen LogP contribution in [0, 0.1) is 11.8 Å². The van der Waals surface area contributed by atoms with Crippen LogP contribution >= 0.6 is 23.2 Å². The van der Waals surface area contributed by atoms with Crippen molar-refractivity contribution in [2.75, 3.05) is 64.2 Å². The van der Waals surface area contributed by atoms with Crippen LogP contribution in [-0.4, -0.2) is 87.0 Å². The van der Waals surface area contributed by atoms with E-state index in [4.69, 9.17) is 27.9 Å². The smallest absolute Gasteiger partial charge is 0.238 e. The summed E-state index contributed by atoms with van der Waals surface area (Å²) < 4.78 is 20.5. The van der Waals surface area contributed by atoms with Gasteiger partial charge in [-0.05, 0) is 56.1 Å². The number of nitrogens with zero attached hydrogens (tertiary/aromatic N) is 2. The minimum atomic E-state index is -0.613. The van der Waals surface area contributed by atoms with Crippen molar-refractivity contribution in [3.63, 3.8) is 0 Å². The highest BCUT2D eigenvalue weighted by molar-refractivity contribution is 6.31. The van der Waals surface area contributed by atoms with E-state index in [0.29, 0.717) is 35.8 Å². The average molecular weight is 660 g/mol. The third-order valence-corrected chi connectivity index (χ3v) is 7.29. The number of morpholine rings is 1. The predicted molar refractivity (Wildman–Crippen MR) is 186 cm³/mol. The molecule has 2 N–H and O–H groups in total. The molecule has 2 saturated heterocycles. The summed E-state index contributed by atoms with van der Waals surface area (Å²) in [5.74, 6) is -0.878. The molecule has 7 nitrogen and oxygen atoms in total. The molecule has 2 aliphatic heterocycles. The highest BCUT2D eigenvalue weighted by atomic mass is 35.5. The number of benzene rings is 1. The van der Waals surface area contributed by atoms with Gasteiger partial charge >= 0.3 is 0 Å². The molecule has 0 saturated carbocycles. The van der Waals surface area contributed by atoms with Gasteiger partial charge in [-0.1, -0.05) is 78.3 Å². The molecule has 44 heavy (non-hydrogen) atoms. The van der Waals surface area contributed by atoms with Crippen LogP contribution in [0.1, 0.15) is 73.3 Å². The Kier molecular flexibility index (Phi) is 23.2. The van der Waals surface area contributed by atoms with Gasteiger partial charge in [-0.3, -0.25) is 19.4 Å². The minimum Gasteiger partial charge on any atom is -0.379 e. The molecule has 1 aromatic carbocycles. The first-order valence-electron chi connectivity index (χ1n) is 16.0. The Morgan fingerprint density at radius 2 is 1.77 bits per heavy atom. The second kappa shape index (κ2) is 24.3. The molecule has 2 amide bonds. The van der Waals surface area contributed by atoms with Gasteiger partial charge in [-0.25, -0.2) is 4.39 Å². The summed E-state index contributed by atoms with van der Waals surface area (Å²) in [7, 11) is 1.86. The maximum Gasteiger partial charge on any atom is 0.238 e. The average Bonchev–Trinajstić information content (AvgIpc) is 3.36. The topological polar surface area (TPSA) is 73.9 Å². The molecule has 252 valence electrons. The molecular formula is C34H57Cl2FN4O3. The van der Waals surface area contributed by atoms with Crippen LogP contribution in [-0.2, 0) is 14.3 Å². The Labute approximate surface area is 276 Å². The standard InChI is InChI=1S/C26H35Cl2FN4O3.C4H10.2C2H6/c1-3-5-20(22(29)15-27)24-21(19-7-6-18(28)14-23(19)31-17-34)16-32(2)25(24)26(35)30-8-4-9-33-10-12-36-13-11-33;1-4(2)3;2*1-2/h3,5-7,14,17,21,24-25H,4,8-13,15-16H2,1-2H3,(H,30,35)(H,31,34);4H,1-3H3;2*1-2H3/b5-3-,22-20-;;;. The number of amides is 2. The number of halogens is 3. The van der Waals surface area contributed by atoms with Crippen LogP contribution in [0.15, 0.2) is 41.8 Å². The van der Waals surface area contributed by atoms with Crippen molar-refractivity contribution in [3.8, 4) is 0 Å². The third-order valence-electron chi connectivity index (χ3n) is 6.82. The highest BCUT2D eigenvalue weighted by Crippen LogP contribution is 2.45. The van der Waals surface area contributed by atoms with Crippen LogP contribution in [0.4, 0.5) is 10.1 Å². The van der Waals surface area contributed by atoms with Gasteiger partial charge in [0.15, 0.2) is 0 Å². The zero-order valence-corrected chi connectivity index (χ0v) is 29.9. The van der Waals surface area contributed by atoms with Gasteiger partial charge < -0.3 is 15.4 Å². The van der Waals surface area contributed by atoms with Gasteiger partial charge in [0.05, 0.1) is 25.1 Å². The van der Waals surface area contributed by atoms with Gasteiger partial charge in [0.2, 0.25) is 12.3 Å². The minimum absolute atomic E-state index is 0.157. The van der Waals surface area contributed by atoms with E-state index in [2.05, 4.69) is 36.3 Å². The van der Waals surface area contributed by atoms with Crippen molar-refractivity contribution < 1.29 is 18.7 Å². The Bertz CT molecular complexity index is 1010. The molecule has 1 aromatic rings. The van der Waals surface area contributed by atoms with Gasteiger partial charge in [0.25, 0.3) is 0 Å². The van der Waals surface area contributed by atoms with E-state index < -0.39 is 17.8 Å². The molecule has 0 bridgehead atoms. The van der Waals surface area contributed by atoms with E-state index in [9.17, 15) is 9.59 Å². The number of hydrogen-bond donors (Lipinski definition) is 2. The molecular weight excluding hydrogens is 602 g/mol. The summed E-state index contributed by atoms with van der Waals surface area (Å²) in [6.45, 7) is 21.5. The third kappa shape index (κ3) is 14.0. The number of ether oxygens (including phenoxy) is 1. The number of allylic oxidation sites excluding steroid dienone is 3. The van der Waals surface area contributed by atoms with Crippen molar-refractivity contribution in [3.05, 3.63) is 52.3 Å². The first-order chi connectivity index (χ1) is 21.1. The number of hydrogen-bond acceptors (Lipinski definition) is 5. The van der Waals surface area contributed by atoms with Crippen molar-refractivity contribution in [1.82, 2.24) is 15.1 Å². The summed E-state index contributed by atoms with van der Waals surface area (Å²) in [6, 6.07) is 4.62. The fraction of sp³-hybridized carbons (Fsp3) is 0.647. The lowest BCUT2D eigenvalue weighted by atomic mass is 9.78.